The van der Waals surface area contributed by atoms with E-state index in [1.807, 2.05) is 30.3 Å². The number of carbonyl (C=O) groups is 1. The molecule has 120 valence electrons. The molecule has 0 aliphatic carbocycles. The molecule has 0 spiro atoms. The number of nitrogens with one attached hydrogen (secondary N) is 2. The molecule has 0 unspecified atom stereocenters. The second-order valence-electron chi connectivity index (χ2n) is 4.43. The SMILES string of the molecule is O=C(CNc1ccccc1)N/N=C\c1ccccc1OC(F)F. The largest absolute Gasteiger partial charge is 0.434 e. The van der Waals surface area contributed by atoms with Gasteiger partial charge < -0.3 is 10.1 Å². The molecule has 7 heteroatoms. The smallest absolute Gasteiger partial charge is 0.387 e. The lowest BCUT2D eigenvalue weighted by Gasteiger charge is -2.07. The van der Waals surface area contributed by atoms with Gasteiger partial charge in [-0.15, -0.1) is 0 Å². The number of halogens is 2. The molecule has 2 aromatic rings. The number of amides is 1. The van der Waals surface area contributed by atoms with E-state index in [1.165, 1.54) is 12.3 Å². The van der Waals surface area contributed by atoms with Crippen molar-refractivity contribution in [3.05, 3.63) is 60.2 Å². The second-order valence-corrected chi connectivity index (χ2v) is 4.43. The Morgan fingerprint density at radius 1 is 1.13 bits per heavy atom. The molecule has 2 rings (SSSR count). The lowest BCUT2D eigenvalue weighted by Crippen LogP contribution is -2.25. The van der Waals surface area contributed by atoms with E-state index in [0.717, 1.165) is 5.69 Å². The highest BCUT2D eigenvalue weighted by Gasteiger charge is 2.07. The molecule has 5 nitrogen and oxygen atoms in total. The van der Waals surface area contributed by atoms with Crippen LogP contribution >= 0.6 is 0 Å². The maximum atomic E-state index is 12.3. The first kappa shape index (κ1) is 16.4. The van der Waals surface area contributed by atoms with Crippen molar-refractivity contribution >= 4 is 17.8 Å². The molecule has 0 saturated heterocycles. The zero-order chi connectivity index (χ0) is 16.5. The number of hydrogen-bond donors (Lipinski definition) is 2. The molecule has 1 amide bonds. The summed E-state index contributed by atoms with van der Waals surface area (Å²) in [5.41, 5.74) is 3.45. The predicted molar refractivity (Wildman–Crippen MR) is 83.7 cm³/mol. The number of ether oxygens (including phenoxy) is 1. The number of hydrazone groups is 1. The predicted octanol–water partition coefficient (Wildman–Crippen LogP) is 2.85. The summed E-state index contributed by atoms with van der Waals surface area (Å²) in [7, 11) is 0. The van der Waals surface area contributed by atoms with Gasteiger partial charge in [-0.25, -0.2) is 5.43 Å². The molecule has 23 heavy (non-hydrogen) atoms. The van der Waals surface area contributed by atoms with Gasteiger partial charge in [0.15, 0.2) is 0 Å². The van der Waals surface area contributed by atoms with E-state index < -0.39 is 6.61 Å². The topological polar surface area (TPSA) is 62.7 Å². The van der Waals surface area contributed by atoms with Gasteiger partial charge in [0.2, 0.25) is 0 Å². The Morgan fingerprint density at radius 2 is 1.83 bits per heavy atom. The highest BCUT2D eigenvalue weighted by molar-refractivity contribution is 5.86. The molecule has 0 bridgehead atoms. The van der Waals surface area contributed by atoms with Crippen molar-refractivity contribution in [3.8, 4) is 5.75 Å². The Hall–Kier alpha value is -2.96. The van der Waals surface area contributed by atoms with E-state index in [1.54, 1.807) is 18.2 Å². The zero-order valence-corrected chi connectivity index (χ0v) is 12.1. The molecule has 0 aliphatic rings. The molecular formula is C16H15F2N3O2. The Morgan fingerprint density at radius 3 is 2.57 bits per heavy atom. The first-order valence-corrected chi connectivity index (χ1v) is 6.80. The van der Waals surface area contributed by atoms with E-state index in [-0.39, 0.29) is 18.2 Å². The van der Waals surface area contributed by atoms with Crippen LogP contribution in [0.4, 0.5) is 14.5 Å². The maximum Gasteiger partial charge on any atom is 0.387 e. The van der Waals surface area contributed by atoms with Crippen LogP contribution in [0, 0.1) is 0 Å². The monoisotopic (exact) mass is 319 g/mol. The molecule has 2 aromatic carbocycles. The third-order valence-electron chi connectivity index (χ3n) is 2.75. The summed E-state index contributed by atoms with van der Waals surface area (Å²) in [6.07, 6.45) is 1.25. The van der Waals surface area contributed by atoms with E-state index in [9.17, 15) is 13.6 Å². The highest BCUT2D eigenvalue weighted by Crippen LogP contribution is 2.18. The van der Waals surface area contributed by atoms with Gasteiger partial charge in [-0.3, -0.25) is 4.79 Å². The highest BCUT2D eigenvalue weighted by atomic mass is 19.3. The summed E-state index contributed by atoms with van der Waals surface area (Å²) in [6, 6.07) is 15.4. The maximum absolute atomic E-state index is 12.3. The summed E-state index contributed by atoms with van der Waals surface area (Å²) in [5.74, 6) is -0.375. The van der Waals surface area contributed by atoms with Crippen LogP contribution in [0.2, 0.25) is 0 Å². The molecule has 0 fully saturated rings. The molecule has 2 N–H and O–H groups in total. The lowest BCUT2D eigenvalue weighted by molar-refractivity contribution is -0.119. The Bertz CT molecular complexity index is 663. The number of alkyl halides is 2. The van der Waals surface area contributed by atoms with Gasteiger partial charge in [0.05, 0.1) is 12.8 Å². The quantitative estimate of drug-likeness (QED) is 0.609. The Kier molecular flexibility index (Phi) is 6.05. The van der Waals surface area contributed by atoms with Crippen LogP contribution in [-0.2, 0) is 4.79 Å². The fourth-order valence-corrected chi connectivity index (χ4v) is 1.74. The normalized spacial score (nSPS) is 10.7. The number of anilines is 1. The number of nitrogens with zero attached hydrogens (tertiary/aromatic N) is 1. The van der Waals surface area contributed by atoms with Crippen molar-refractivity contribution in [1.29, 1.82) is 0 Å². The minimum atomic E-state index is -2.92. The number of hydrogen-bond acceptors (Lipinski definition) is 4. The van der Waals surface area contributed by atoms with Crippen molar-refractivity contribution in [1.82, 2.24) is 5.43 Å². The number of para-hydroxylation sites is 2. The third kappa shape index (κ3) is 5.74. The van der Waals surface area contributed by atoms with Crippen LogP contribution in [0.1, 0.15) is 5.56 Å². The standard InChI is InChI=1S/C16H15F2N3O2/c17-16(18)23-14-9-5-4-6-12(14)10-20-21-15(22)11-19-13-7-2-1-3-8-13/h1-10,16,19H,11H2,(H,21,22)/b20-10-. The Labute approximate surface area is 132 Å². The summed E-state index contributed by atoms with van der Waals surface area (Å²) in [4.78, 5) is 11.6. The molecule has 0 atom stereocenters. The minimum absolute atomic E-state index is 0.0112. The first-order valence-electron chi connectivity index (χ1n) is 6.80. The van der Waals surface area contributed by atoms with Gasteiger partial charge in [-0.2, -0.15) is 13.9 Å². The van der Waals surface area contributed by atoms with Crippen molar-refractivity contribution in [3.63, 3.8) is 0 Å². The van der Waals surface area contributed by atoms with Crippen molar-refractivity contribution < 1.29 is 18.3 Å². The average Bonchev–Trinajstić information content (AvgIpc) is 2.55. The van der Waals surface area contributed by atoms with Gasteiger partial charge in [0.1, 0.15) is 5.75 Å². The summed E-state index contributed by atoms with van der Waals surface area (Å²) >= 11 is 0. The van der Waals surface area contributed by atoms with Gasteiger partial charge >= 0.3 is 6.61 Å². The van der Waals surface area contributed by atoms with E-state index in [4.69, 9.17) is 0 Å². The average molecular weight is 319 g/mol. The second kappa shape index (κ2) is 8.47. The Balaban J connectivity index is 1.85. The first-order chi connectivity index (χ1) is 11.1. The van der Waals surface area contributed by atoms with Crippen molar-refractivity contribution in [2.24, 2.45) is 5.10 Å². The van der Waals surface area contributed by atoms with E-state index in [0.29, 0.717) is 5.56 Å². The number of carbonyl (C=O) groups excluding carboxylic acids is 1. The van der Waals surface area contributed by atoms with Gasteiger partial charge in [-0.05, 0) is 24.3 Å². The molecule has 0 heterocycles. The lowest BCUT2D eigenvalue weighted by atomic mass is 10.2. The summed E-state index contributed by atoms with van der Waals surface area (Å²) < 4.78 is 28.9. The van der Waals surface area contributed by atoms with Crippen LogP contribution in [0.15, 0.2) is 59.7 Å². The summed E-state index contributed by atoms with van der Waals surface area (Å²) in [6.45, 7) is -2.88. The van der Waals surface area contributed by atoms with E-state index in [2.05, 4.69) is 20.6 Å². The van der Waals surface area contributed by atoms with Crippen LogP contribution < -0.4 is 15.5 Å². The molecular weight excluding hydrogens is 304 g/mol. The minimum Gasteiger partial charge on any atom is -0.434 e. The molecule has 0 radical (unpaired) electrons. The third-order valence-corrected chi connectivity index (χ3v) is 2.75. The van der Waals surface area contributed by atoms with Crippen LogP contribution in [0.3, 0.4) is 0 Å². The van der Waals surface area contributed by atoms with Crippen LogP contribution in [0.5, 0.6) is 5.75 Å². The fourth-order valence-electron chi connectivity index (χ4n) is 1.74. The van der Waals surface area contributed by atoms with Crippen LogP contribution in [0.25, 0.3) is 0 Å². The zero-order valence-electron chi connectivity index (χ0n) is 12.1. The van der Waals surface area contributed by atoms with Gasteiger partial charge in [-0.1, -0.05) is 30.3 Å². The summed E-state index contributed by atoms with van der Waals surface area (Å²) in [5, 5.41) is 6.65. The molecule has 0 saturated carbocycles. The van der Waals surface area contributed by atoms with E-state index >= 15 is 0 Å². The van der Waals surface area contributed by atoms with Gasteiger partial charge in [0.25, 0.3) is 5.91 Å². The van der Waals surface area contributed by atoms with Crippen molar-refractivity contribution in [2.75, 3.05) is 11.9 Å². The fraction of sp³-hybridized carbons (Fsp3) is 0.125. The van der Waals surface area contributed by atoms with Gasteiger partial charge in [0, 0.05) is 11.3 Å². The number of rotatable bonds is 7. The number of benzene rings is 2. The molecule has 0 aliphatic heterocycles. The molecule has 0 aromatic heterocycles. The van der Waals surface area contributed by atoms with Crippen molar-refractivity contribution in [2.45, 2.75) is 6.61 Å². The van der Waals surface area contributed by atoms with Crippen LogP contribution in [-0.4, -0.2) is 25.3 Å².